The number of nitrogens with one attached hydrogen (secondary N) is 2. The van der Waals surface area contributed by atoms with E-state index in [1.165, 1.54) is 24.0 Å². The molecule has 1 aromatic heterocycles. The minimum atomic E-state index is -0.284. The van der Waals surface area contributed by atoms with E-state index in [4.69, 9.17) is 9.47 Å². The summed E-state index contributed by atoms with van der Waals surface area (Å²) in [4.78, 5) is 16.8. The normalized spacial score (nSPS) is 10.6. The van der Waals surface area contributed by atoms with Gasteiger partial charge in [0.1, 0.15) is 0 Å². The number of ether oxygens (including phenoxy) is 2. The highest BCUT2D eigenvalue weighted by molar-refractivity contribution is 7.22. The molecular formula is C18H19N3O3S. The molecule has 3 aromatic rings. The van der Waals surface area contributed by atoms with Crippen LogP contribution >= 0.6 is 11.3 Å². The topological polar surface area (TPSA) is 72.5 Å². The highest BCUT2D eigenvalue weighted by Gasteiger charge is 2.12. The number of rotatable bonds is 5. The molecular weight excluding hydrogens is 338 g/mol. The average molecular weight is 357 g/mol. The lowest BCUT2D eigenvalue weighted by Gasteiger charge is -2.10. The zero-order valence-electron chi connectivity index (χ0n) is 14.5. The van der Waals surface area contributed by atoms with Crippen LogP contribution in [0.4, 0.5) is 5.13 Å². The van der Waals surface area contributed by atoms with Crippen LogP contribution in [0.25, 0.3) is 10.2 Å². The number of methoxy groups -OCH3 is 2. The molecule has 6 nitrogen and oxygen atoms in total. The number of fused-ring (bicyclic) bond motifs is 1. The molecule has 0 unspecified atom stereocenters. The summed E-state index contributed by atoms with van der Waals surface area (Å²) in [6, 6.07) is 9.14. The molecule has 0 aliphatic carbocycles. The van der Waals surface area contributed by atoms with Crippen molar-refractivity contribution in [3.05, 3.63) is 47.0 Å². The van der Waals surface area contributed by atoms with Crippen LogP contribution in [0.15, 0.2) is 30.3 Å². The Morgan fingerprint density at radius 3 is 2.56 bits per heavy atom. The van der Waals surface area contributed by atoms with E-state index in [0.717, 1.165) is 15.8 Å². The number of benzene rings is 2. The molecule has 0 saturated carbocycles. The van der Waals surface area contributed by atoms with Gasteiger partial charge in [-0.1, -0.05) is 17.4 Å². The highest BCUT2D eigenvalue weighted by Crippen LogP contribution is 2.30. The molecule has 0 fully saturated rings. The molecule has 0 spiro atoms. The minimum Gasteiger partial charge on any atom is -0.493 e. The maximum Gasteiger partial charge on any atom is 0.269 e. The van der Waals surface area contributed by atoms with E-state index in [9.17, 15) is 4.79 Å². The summed E-state index contributed by atoms with van der Waals surface area (Å²) in [5.74, 6) is 0.790. The number of aromatic nitrogens is 1. The molecule has 0 saturated heterocycles. The van der Waals surface area contributed by atoms with E-state index in [1.807, 2.05) is 13.0 Å². The largest absolute Gasteiger partial charge is 0.493 e. The number of hydrogen-bond donors (Lipinski definition) is 2. The first kappa shape index (κ1) is 17.0. The van der Waals surface area contributed by atoms with E-state index in [-0.39, 0.29) is 5.91 Å². The van der Waals surface area contributed by atoms with Crippen molar-refractivity contribution in [1.29, 1.82) is 0 Å². The molecule has 0 aliphatic rings. The summed E-state index contributed by atoms with van der Waals surface area (Å²) in [5, 5.41) is 0.637. The second kappa shape index (κ2) is 6.98. The van der Waals surface area contributed by atoms with Gasteiger partial charge in [-0.3, -0.25) is 15.6 Å². The molecule has 25 heavy (non-hydrogen) atoms. The van der Waals surface area contributed by atoms with Gasteiger partial charge >= 0.3 is 0 Å². The van der Waals surface area contributed by atoms with Crippen molar-refractivity contribution in [2.45, 2.75) is 13.8 Å². The zero-order valence-corrected chi connectivity index (χ0v) is 15.3. The molecule has 1 amide bonds. The fourth-order valence-corrected chi connectivity index (χ4v) is 3.46. The number of anilines is 1. The van der Waals surface area contributed by atoms with Gasteiger partial charge in [-0.05, 0) is 49.2 Å². The Labute approximate surface area is 149 Å². The number of hydrogen-bond acceptors (Lipinski definition) is 6. The SMILES string of the molecule is COc1ccc(C(=O)NNc2nc3cc(C)cc(C)c3s2)cc1OC. The number of nitrogens with zero attached hydrogens (tertiary/aromatic N) is 1. The average Bonchev–Trinajstić information content (AvgIpc) is 3.02. The summed E-state index contributed by atoms with van der Waals surface area (Å²) in [5.41, 5.74) is 9.26. The fourth-order valence-electron chi connectivity index (χ4n) is 2.59. The number of carbonyl (C=O) groups is 1. The van der Waals surface area contributed by atoms with E-state index in [0.29, 0.717) is 22.2 Å². The summed E-state index contributed by atoms with van der Waals surface area (Å²) in [6.07, 6.45) is 0. The zero-order chi connectivity index (χ0) is 18.0. The Morgan fingerprint density at radius 2 is 1.84 bits per heavy atom. The molecule has 130 valence electrons. The molecule has 0 radical (unpaired) electrons. The summed E-state index contributed by atoms with van der Waals surface area (Å²) >= 11 is 1.50. The second-order valence-electron chi connectivity index (χ2n) is 5.60. The van der Waals surface area contributed by atoms with E-state index >= 15 is 0 Å². The van der Waals surface area contributed by atoms with Crippen LogP contribution < -0.4 is 20.3 Å². The molecule has 0 aliphatic heterocycles. The Balaban J connectivity index is 1.75. The van der Waals surface area contributed by atoms with E-state index in [1.54, 1.807) is 25.3 Å². The van der Waals surface area contributed by atoms with Crippen LogP contribution in [0.5, 0.6) is 11.5 Å². The number of thiazole rings is 1. The van der Waals surface area contributed by atoms with Gasteiger partial charge in [-0.2, -0.15) is 0 Å². The summed E-state index contributed by atoms with van der Waals surface area (Å²) < 4.78 is 11.5. The van der Waals surface area contributed by atoms with Crippen LogP contribution in [0.3, 0.4) is 0 Å². The van der Waals surface area contributed by atoms with Gasteiger partial charge < -0.3 is 9.47 Å². The Hall–Kier alpha value is -2.80. The predicted octanol–water partition coefficient (Wildman–Crippen LogP) is 3.69. The maximum absolute atomic E-state index is 12.3. The van der Waals surface area contributed by atoms with Gasteiger partial charge in [0.05, 0.1) is 24.4 Å². The molecule has 2 N–H and O–H groups in total. The van der Waals surface area contributed by atoms with Crippen molar-refractivity contribution in [2.75, 3.05) is 19.6 Å². The number of aryl methyl sites for hydroxylation is 2. The van der Waals surface area contributed by atoms with Crippen LogP contribution in [-0.4, -0.2) is 25.1 Å². The van der Waals surface area contributed by atoms with Gasteiger partial charge in [0.25, 0.3) is 5.91 Å². The fraction of sp³-hybridized carbons (Fsp3) is 0.222. The van der Waals surface area contributed by atoms with Crippen molar-refractivity contribution in [2.24, 2.45) is 0 Å². The monoisotopic (exact) mass is 357 g/mol. The number of amides is 1. The Bertz CT molecular complexity index is 937. The second-order valence-corrected chi connectivity index (χ2v) is 6.60. The molecule has 0 atom stereocenters. The molecule has 3 rings (SSSR count). The van der Waals surface area contributed by atoms with Gasteiger partial charge in [0.2, 0.25) is 5.13 Å². The minimum absolute atomic E-state index is 0.284. The van der Waals surface area contributed by atoms with Gasteiger partial charge in [0, 0.05) is 5.56 Å². The van der Waals surface area contributed by atoms with E-state index < -0.39 is 0 Å². The standard InChI is InChI=1S/C18H19N3O3S/c1-10-7-11(2)16-13(8-10)19-18(25-16)21-20-17(22)12-5-6-14(23-3)15(9-12)24-4/h5-9H,1-4H3,(H,19,21)(H,20,22). The Kier molecular flexibility index (Phi) is 4.76. The quantitative estimate of drug-likeness (QED) is 0.682. The number of carbonyl (C=O) groups excluding carboxylic acids is 1. The van der Waals surface area contributed by atoms with Crippen molar-refractivity contribution in [3.8, 4) is 11.5 Å². The van der Waals surface area contributed by atoms with Crippen molar-refractivity contribution < 1.29 is 14.3 Å². The third-order valence-corrected chi connectivity index (χ3v) is 4.87. The van der Waals surface area contributed by atoms with Gasteiger partial charge in [-0.25, -0.2) is 4.98 Å². The van der Waals surface area contributed by atoms with Crippen molar-refractivity contribution >= 4 is 32.6 Å². The van der Waals surface area contributed by atoms with Crippen molar-refractivity contribution in [3.63, 3.8) is 0 Å². The van der Waals surface area contributed by atoms with Crippen LogP contribution in [0, 0.1) is 13.8 Å². The maximum atomic E-state index is 12.3. The Morgan fingerprint density at radius 1 is 1.08 bits per heavy atom. The lowest BCUT2D eigenvalue weighted by Crippen LogP contribution is -2.29. The lowest BCUT2D eigenvalue weighted by molar-refractivity contribution is 0.0962. The summed E-state index contributed by atoms with van der Waals surface area (Å²) in [7, 11) is 3.08. The smallest absolute Gasteiger partial charge is 0.269 e. The van der Waals surface area contributed by atoms with Crippen LogP contribution in [-0.2, 0) is 0 Å². The van der Waals surface area contributed by atoms with Crippen LogP contribution in [0.1, 0.15) is 21.5 Å². The highest BCUT2D eigenvalue weighted by atomic mass is 32.1. The first-order chi connectivity index (χ1) is 12.0. The number of hydrazine groups is 1. The van der Waals surface area contributed by atoms with Gasteiger partial charge in [-0.15, -0.1) is 0 Å². The molecule has 7 heteroatoms. The third kappa shape index (κ3) is 3.51. The van der Waals surface area contributed by atoms with Gasteiger partial charge in [0.15, 0.2) is 11.5 Å². The summed E-state index contributed by atoms with van der Waals surface area (Å²) in [6.45, 7) is 4.09. The predicted molar refractivity (Wildman–Crippen MR) is 99.7 cm³/mol. The third-order valence-electron chi connectivity index (χ3n) is 3.75. The van der Waals surface area contributed by atoms with E-state index in [2.05, 4.69) is 28.8 Å². The molecule has 1 heterocycles. The molecule has 2 aromatic carbocycles. The first-order valence-electron chi connectivity index (χ1n) is 7.68. The lowest BCUT2D eigenvalue weighted by atomic mass is 10.1. The van der Waals surface area contributed by atoms with Crippen LogP contribution in [0.2, 0.25) is 0 Å². The molecule has 0 bridgehead atoms. The first-order valence-corrected chi connectivity index (χ1v) is 8.49. The van der Waals surface area contributed by atoms with Crippen molar-refractivity contribution in [1.82, 2.24) is 10.4 Å².